The van der Waals surface area contributed by atoms with Crippen molar-refractivity contribution in [3.63, 3.8) is 0 Å². The van der Waals surface area contributed by atoms with Gasteiger partial charge in [-0.05, 0) is 18.9 Å². The van der Waals surface area contributed by atoms with Gasteiger partial charge in [-0.2, -0.15) is 0 Å². The predicted molar refractivity (Wildman–Crippen MR) is 96.7 cm³/mol. The summed E-state index contributed by atoms with van der Waals surface area (Å²) >= 11 is 1.68. The second kappa shape index (κ2) is 5.60. The molecule has 23 heavy (non-hydrogen) atoms. The molecule has 0 fully saturated rings. The van der Waals surface area contributed by atoms with Crippen molar-refractivity contribution in [2.24, 2.45) is 0 Å². The quantitative estimate of drug-likeness (QED) is 0.632. The van der Waals surface area contributed by atoms with E-state index in [9.17, 15) is 4.79 Å². The average Bonchev–Trinajstić information content (AvgIpc) is 3.02. The first kappa shape index (κ1) is 15.9. The van der Waals surface area contributed by atoms with Crippen LogP contribution < -0.4 is 0 Å². The first-order valence-corrected chi connectivity index (χ1v) is 8.75. The molecule has 0 aliphatic carbocycles. The number of aromatic nitrogens is 2. The molecule has 2 heterocycles. The van der Waals surface area contributed by atoms with Crippen LogP contribution in [0.5, 0.6) is 0 Å². The molecule has 3 rings (SSSR count). The molecule has 120 valence electrons. The fraction of sp³-hybridized carbons (Fsp3) is 0.368. The highest BCUT2D eigenvalue weighted by Crippen LogP contribution is 2.36. The van der Waals surface area contributed by atoms with E-state index >= 15 is 0 Å². The maximum absolute atomic E-state index is 11.8. The normalized spacial score (nSPS) is 12.0. The number of aryl methyl sites for hydroxylation is 2. The molecule has 0 radical (unpaired) electrons. The van der Waals surface area contributed by atoms with Gasteiger partial charge in [-0.1, -0.05) is 57.5 Å². The zero-order valence-corrected chi connectivity index (χ0v) is 15.1. The lowest BCUT2D eigenvalue weighted by molar-refractivity contribution is 0.111. The number of carbonyl (C=O) groups is 1. The summed E-state index contributed by atoms with van der Waals surface area (Å²) in [6.45, 7) is 10.5. The third-order valence-corrected chi connectivity index (χ3v) is 5.24. The van der Waals surface area contributed by atoms with Crippen LogP contribution >= 0.6 is 11.3 Å². The Morgan fingerprint density at radius 1 is 1.22 bits per heavy atom. The molecule has 4 heteroatoms. The van der Waals surface area contributed by atoms with Crippen molar-refractivity contribution in [2.75, 3.05) is 0 Å². The van der Waals surface area contributed by atoms with Gasteiger partial charge in [-0.15, -0.1) is 11.3 Å². The molecule has 0 unspecified atom stereocenters. The largest absolute Gasteiger partial charge is 0.296 e. The molecule has 0 spiro atoms. The third-order valence-electron chi connectivity index (χ3n) is 4.05. The van der Waals surface area contributed by atoms with E-state index in [0.29, 0.717) is 5.69 Å². The first-order valence-electron chi connectivity index (χ1n) is 7.93. The number of imidazole rings is 1. The van der Waals surface area contributed by atoms with E-state index in [1.54, 1.807) is 11.3 Å². The molecule has 0 saturated heterocycles. The minimum Gasteiger partial charge on any atom is -0.296 e. The van der Waals surface area contributed by atoms with E-state index in [1.807, 2.05) is 4.40 Å². The van der Waals surface area contributed by atoms with Crippen LogP contribution in [0.4, 0.5) is 0 Å². The van der Waals surface area contributed by atoms with Gasteiger partial charge >= 0.3 is 0 Å². The zero-order valence-electron chi connectivity index (χ0n) is 14.3. The summed E-state index contributed by atoms with van der Waals surface area (Å²) in [5.74, 6) is 0. The van der Waals surface area contributed by atoms with Gasteiger partial charge in [0.25, 0.3) is 0 Å². The van der Waals surface area contributed by atoms with Crippen molar-refractivity contribution < 1.29 is 4.79 Å². The lowest BCUT2D eigenvalue weighted by Crippen LogP contribution is -2.15. The molecule has 0 N–H and O–H groups in total. The molecular weight excluding hydrogens is 304 g/mol. The number of nitrogens with zero attached hydrogens (tertiary/aromatic N) is 2. The topological polar surface area (TPSA) is 34.4 Å². The number of benzene rings is 1. The van der Waals surface area contributed by atoms with Crippen LogP contribution in [0.2, 0.25) is 0 Å². The van der Waals surface area contributed by atoms with Crippen LogP contribution in [0.15, 0.2) is 24.3 Å². The zero-order chi connectivity index (χ0) is 16.8. The van der Waals surface area contributed by atoms with Gasteiger partial charge in [0.15, 0.2) is 11.2 Å². The molecule has 0 aliphatic heterocycles. The Bertz CT molecular complexity index is 864. The molecule has 3 aromatic rings. The van der Waals surface area contributed by atoms with E-state index in [4.69, 9.17) is 4.98 Å². The first-order chi connectivity index (χ1) is 10.9. The van der Waals surface area contributed by atoms with E-state index in [0.717, 1.165) is 34.6 Å². The number of hydrogen-bond donors (Lipinski definition) is 0. The Balaban J connectivity index is 2.37. The van der Waals surface area contributed by atoms with Crippen molar-refractivity contribution in [1.82, 2.24) is 9.38 Å². The van der Waals surface area contributed by atoms with Crippen LogP contribution in [0.25, 0.3) is 16.2 Å². The standard InChI is InChI=1S/C19H22N2OS/c1-6-15-16(13-9-7-12(2)8-10-13)21-14(11-22)17(19(3,4)5)20-18(21)23-15/h7-11H,6H2,1-5H3. The van der Waals surface area contributed by atoms with Gasteiger partial charge < -0.3 is 0 Å². The molecule has 0 bridgehead atoms. The molecule has 1 aromatic carbocycles. The predicted octanol–water partition coefficient (Wildman–Crippen LogP) is 5.04. The average molecular weight is 326 g/mol. The van der Waals surface area contributed by atoms with Crippen molar-refractivity contribution in [3.05, 3.63) is 46.1 Å². The summed E-state index contributed by atoms with van der Waals surface area (Å²) in [6, 6.07) is 8.48. The summed E-state index contributed by atoms with van der Waals surface area (Å²) in [6.07, 6.45) is 1.88. The maximum Gasteiger partial charge on any atom is 0.195 e. The maximum atomic E-state index is 11.8. The van der Waals surface area contributed by atoms with Crippen LogP contribution in [0.1, 0.15) is 54.3 Å². The highest BCUT2D eigenvalue weighted by molar-refractivity contribution is 7.17. The molecule has 0 atom stereocenters. The summed E-state index contributed by atoms with van der Waals surface area (Å²) in [7, 11) is 0. The van der Waals surface area contributed by atoms with Gasteiger partial charge in [0.2, 0.25) is 0 Å². The third kappa shape index (κ3) is 2.61. The highest BCUT2D eigenvalue weighted by atomic mass is 32.1. The second-order valence-electron chi connectivity index (χ2n) is 6.92. The lowest BCUT2D eigenvalue weighted by Gasteiger charge is -2.16. The number of aldehydes is 1. The number of carbonyl (C=O) groups excluding carboxylic acids is 1. The van der Waals surface area contributed by atoms with Gasteiger partial charge in [0, 0.05) is 10.3 Å². The molecule has 0 saturated carbocycles. The summed E-state index contributed by atoms with van der Waals surface area (Å²) in [5, 5.41) is 0. The van der Waals surface area contributed by atoms with Gasteiger partial charge in [-0.25, -0.2) is 4.98 Å². The number of fused-ring (bicyclic) bond motifs is 1. The Kier molecular flexibility index (Phi) is 3.88. The fourth-order valence-electron chi connectivity index (χ4n) is 2.88. The number of rotatable bonds is 3. The molecule has 2 aromatic heterocycles. The molecular formula is C19H22N2OS. The van der Waals surface area contributed by atoms with Crippen LogP contribution in [0, 0.1) is 6.92 Å². The number of hydrogen-bond acceptors (Lipinski definition) is 3. The summed E-state index contributed by atoms with van der Waals surface area (Å²) in [5.41, 5.74) is 4.87. The van der Waals surface area contributed by atoms with Crippen LogP contribution in [0.3, 0.4) is 0 Å². The number of thiazole rings is 1. The SMILES string of the molecule is CCc1sc2nc(C(C)(C)C)c(C=O)n2c1-c1ccc(C)cc1. The lowest BCUT2D eigenvalue weighted by atomic mass is 9.91. The molecule has 0 aliphatic rings. The van der Waals surface area contributed by atoms with E-state index in [1.165, 1.54) is 10.4 Å². The van der Waals surface area contributed by atoms with E-state index in [2.05, 4.69) is 58.9 Å². The van der Waals surface area contributed by atoms with Gasteiger partial charge in [-0.3, -0.25) is 9.20 Å². The van der Waals surface area contributed by atoms with Gasteiger partial charge in [0.1, 0.15) is 5.69 Å². The molecule has 0 amide bonds. The fourth-order valence-corrected chi connectivity index (χ4v) is 3.97. The van der Waals surface area contributed by atoms with Crippen LogP contribution in [-0.4, -0.2) is 15.7 Å². The summed E-state index contributed by atoms with van der Waals surface area (Å²) in [4.78, 5) is 18.8. The van der Waals surface area contributed by atoms with E-state index in [-0.39, 0.29) is 5.41 Å². The van der Waals surface area contributed by atoms with E-state index < -0.39 is 0 Å². The second-order valence-corrected chi connectivity index (χ2v) is 7.99. The van der Waals surface area contributed by atoms with Crippen molar-refractivity contribution in [2.45, 2.75) is 46.5 Å². The smallest absolute Gasteiger partial charge is 0.195 e. The monoisotopic (exact) mass is 326 g/mol. The Hall–Kier alpha value is -1.94. The van der Waals surface area contributed by atoms with Crippen molar-refractivity contribution in [3.8, 4) is 11.3 Å². The summed E-state index contributed by atoms with van der Waals surface area (Å²) < 4.78 is 2.04. The molecule has 3 nitrogen and oxygen atoms in total. The van der Waals surface area contributed by atoms with Crippen LogP contribution in [-0.2, 0) is 11.8 Å². The van der Waals surface area contributed by atoms with Crippen molar-refractivity contribution in [1.29, 1.82) is 0 Å². The Labute approximate surface area is 141 Å². The minimum atomic E-state index is -0.154. The minimum absolute atomic E-state index is 0.154. The Morgan fingerprint density at radius 3 is 2.39 bits per heavy atom. The highest BCUT2D eigenvalue weighted by Gasteiger charge is 2.27. The Morgan fingerprint density at radius 2 is 1.87 bits per heavy atom. The van der Waals surface area contributed by atoms with Crippen molar-refractivity contribution >= 4 is 22.6 Å². The van der Waals surface area contributed by atoms with Gasteiger partial charge in [0.05, 0.1) is 11.4 Å².